The maximum atomic E-state index is 7.09. The fourth-order valence-corrected chi connectivity index (χ4v) is 3.71. The van der Waals surface area contributed by atoms with E-state index in [1.807, 2.05) is 23.6 Å². The summed E-state index contributed by atoms with van der Waals surface area (Å²) >= 11 is 11.2. The number of anilines is 1. The first-order valence-electron chi connectivity index (χ1n) is 8.62. The molecule has 0 bridgehead atoms. The summed E-state index contributed by atoms with van der Waals surface area (Å²) in [6, 6.07) is 5.43. The van der Waals surface area contributed by atoms with Gasteiger partial charge < -0.3 is 15.8 Å². The van der Waals surface area contributed by atoms with Crippen LogP contribution in [0.5, 0.6) is 0 Å². The van der Waals surface area contributed by atoms with Gasteiger partial charge in [0, 0.05) is 18.0 Å². The van der Waals surface area contributed by atoms with E-state index in [1.165, 1.54) is 0 Å². The third-order valence-electron chi connectivity index (χ3n) is 3.41. The Labute approximate surface area is 161 Å². The molecule has 3 aromatic rings. The molecule has 3 aromatic heterocycles. The average molecular weight is 434 g/mol. The first-order valence-corrected chi connectivity index (χ1v) is 9.17. The summed E-state index contributed by atoms with van der Waals surface area (Å²) in [5.74, 6) is 0.600. The molecule has 0 aliphatic heterocycles. The van der Waals surface area contributed by atoms with E-state index in [-0.39, 0.29) is 11.9 Å². The first kappa shape index (κ1) is 14.0. The minimum absolute atomic E-state index is 0.0783. The van der Waals surface area contributed by atoms with Gasteiger partial charge >= 0.3 is 0 Å². The molecule has 0 unspecified atom stereocenters. The van der Waals surface area contributed by atoms with Crippen LogP contribution < -0.4 is 11.1 Å². The molecular weight excluding hydrogens is 414 g/mol. The summed E-state index contributed by atoms with van der Waals surface area (Å²) in [7, 11) is -2.46. The van der Waals surface area contributed by atoms with Crippen molar-refractivity contribution in [1.29, 1.82) is 0 Å². The van der Waals surface area contributed by atoms with Gasteiger partial charge in [0.1, 0.15) is 10.1 Å². The molecule has 128 valence electrons. The van der Waals surface area contributed by atoms with Crippen LogP contribution in [-0.4, -0.2) is 34.3 Å². The number of nitrogens with one attached hydrogen (secondary N) is 1. The lowest BCUT2D eigenvalue weighted by molar-refractivity contribution is 0.180. The van der Waals surface area contributed by atoms with Crippen LogP contribution in [0.2, 0.25) is 5.28 Å². The highest BCUT2D eigenvalue weighted by atomic mass is 79.9. The van der Waals surface area contributed by atoms with Crippen LogP contribution in [0.15, 0.2) is 28.2 Å². The fourth-order valence-electron chi connectivity index (χ4n) is 2.35. The summed E-state index contributed by atoms with van der Waals surface area (Å²) in [5, 5.41) is 9.61. The molecule has 6 nitrogen and oxygen atoms in total. The lowest BCUT2D eigenvalue weighted by Crippen LogP contribution is -2.27. The predicted molar refractivity (Wildman–Crippen MR) is 101 cm³/mol. The van der Waals surface area contributed by atoms with Crippen LogP contribution in [-0.2, 0) is 17.7 Å². The monoisotopic (exact) mass is 432 g/mol. The molecule has 9 heteroatoms. The number of thiophene rings is 1. The highest BCUT2D eigenvalue weighted by Gasteiger charge is 2.16. The number of fused-ring (bicyclic) bond motifs is 1. The number of nitrogens with two attached hydrogens (primary N) is 1. The van der Waals surface area contributed by atoms with E-state index in [0.717, 1.165) is 16.0 Å². The van der Waals surface area contributed by atoms with Gasteiger partial charge in [-0.1, -0.05) is 6.07 Å². The standard InChI is InChI=1S/C15H17BrClN5OS/c1-23-8-10(18)5-9-6-12-14(19-7-11-3-2-4-24-11)20-15(17)21-22(12)13(9)16/h2-4,6,10H,5,7-8,18H2,1H3,(H,19,20,21)/t10-/m1/s1/i1D3. The largest absolute Gasteiger partial charge is 0.383 e. The van der Waals surface area contributed by atoms with Crippen LogP contribution in [0.1, 0.15) is 14.6 Å². The topological polar surface area (TPSA) is 77.5 Å². The van der Waals surface area contributed by atoms with E-state index in [4.69, 9.17) is 26.2 Å². The van der Waals surface area contributed by atoms with Crippen LogP contribution in [0.25, 0.3) is 5.52 Å². The highest BCUT2D eigenvalue weighted by Crippen LogP contribution is 2.28. The predicted octanol–water partition coefficient (Wildman–Crippen LogP) is 3.34. The van der Waals surface area contributed by atoms with Gasteiger partial charge in [-0.3, -0.25) is 0 Å². The Kier molecular flexibility index (Phi) is 4.56. The van der Waals surface area contributed by atoms with Gasteiger partial charge in [0.05, 0.1) is 17.3 Å². The molecule has 0 aliphatic carbocycles. The second kappa shape index (κ2) is 7.79. The number of hydrogen-bond donors (Lipinski definition) is 2. The van der Waals surface area contributed by atoms with Crippen molar-refractivity contribution in [2.75, 3.05) is 19.0 Å². The van der Waals surface area contributed by atoms with Gasteiger partial charge in [-0.2, -0.15) is 4.98 Å². The van der Waals surface area contributed by atoms with Gasteiger partial charge in [-0.15, -0.1) is 16.4 Å². The molecule has 1 atom stereocenters. The van der Waals surface area contributed by atoms with Crippen molar-refractivity contribution in [1.82, 2.24) is 14.6 Å². The molecule has 0 amide bonds. The Morgan fingerprint density at radius 3 is 3.25 bits per heavy atom. The second-order valence-corrected chi connectivity index (χ2v) is 7.32. The zero-order chi connectivity index (χ0) is 19.6. The van der Waals surface area contributed by atoms with Crippen molar-refractivity contribution in [3.63, 3.8) is 0 Å². The summed E-state index contributed by atoms with van der Waals surface area (Å²) in [4.78, 5) is 5.44. The molecule has 0 radical (unpaired) electrons. The summed E-state index contributed by atoms with van der Waals surface area (Å²) < 4.78 is 28.4. The van der Waals surface area contributed by atoms with E-state index < -0.39 is 13.1 Å². The first-order chi connectivity index (χ1) is 12.7. The third-order valence-corrected chi connectivity index (χ3v) is 5.29. The Bertz CT molecular complexity index is 918. The molecule has 0 aliphatic rings. The van der Waals surface area contributed by atoms with Crippen molar-refractivity contribution in [3.05, 3.63) is 43.9 Å². The number of rotatable bonds is 7. The molecule has 0 spiro atoms. The van der Waals surface area contributed by atoms with Gasteiger partial charge in [-0.25, -0.2) is 4.52 Å². The molecule has 0 fully saturated rings. The van der Waals surface area contributed by atoms with Crippen molar-refractivity contribution in [3.8, 4) is 0 Å². The van der Waals surface area contributed by atoms with Gasteiger partial charge in [-0.05, 0) is 57.0 Å². The smallest absolute Gasteiger partial charge is 0.243 e. The van der Waals surface area contributed by atoms with Crippen LogP contribution in [0.4, 0.5) is 5.82 Å². The normalized spacial score (nSPS) is 15.0. The van der Waals surface area contributed by atoms with Gasteiger partial charge in [0.2, 0.25) is 5.28 Å². The Balaban J connectivity index is 1.81. The number of halogens is 2. The number of methoxy groups -OCH3 is 1. The lowest BCUT2D eigenvalue weighted by atomic mass is 10.1. The third kappa shape index (κ3) is 3.89. The lowest BCUT2D eigenvalue weighted by Gasteiger charge is -2.08. The molecular formula is C15H17BrClN5OS. The molecule has 3 N–H and O–H groups in total. The maximum absolute atomic E-state index is 7.09. The van der Waals surface area contributed by atoms with Gasteiger partial charge in [0.15, 0.2) is 5.82 Å². The Morgan fingerprint density at radius 1 is 1.62 bits per heavy atom. The van der Waals surface area contributed by atoms with Crippen LogP contribution in [0, 0.1) is 0 Å². The van der Waals surface area contributed by atoms with E-state index >= 15 is 0 Å². The summed E-state index contributed by atoms with van der Waals surface area (Å²) in [6.07, 6.45) is 0.405. The molecule has 3 rings (SSSR count). The Hall–Kier alpha value is -1.19. The summed E-state index contributed by atoms with van der Waals surface area (Å²) in [5.41, 5.74) is 7.60. The van der Waals surface area contributed by atoms with Gasteiger partial charge in [0.25, 0.3) is 0 Å². The van der Waals surface area contributed by atoms with E-state index in [1.54, 1.807) is 15.9 Å². The maximum Gasteiger partial charge on any atom is 0.243 e. The second-order valence-electron chi connectivity index (χ2n) is 5.19. The minimum atomic E-state index is -2.46. The van der Waals surface area contributed by atoms with Crippen LogP contribution >= 0.6 is 38.9 Å². The van der Waals surface area contributed by atoms with E-state index in [2.05, 4.69) is 31.3 Å². The van der Waals surface area contributed by atoms with Crippen molar-refractivity contribution >= 4 is 50.2 Å². The molecule has 24 heavy (non-hydrogen) atoms. The number of hydrogen-bond acceptors (Lipinski definition) is 6. The average Bonchev–Trinajstić information content (AvgIpc) is 3.20. The molecule has 0 saturated carbocycles. The van der Waals surface area contributed by atoms with E-state index in [9.17, 15) is 0 Å². The Morgan fingerprint density at radius 2 is 2.50 bits per heavy atom. The van der Waals surface area contributed by atoms with Crippen molar-refractivity contribution in [2.45, 2.75) is 19.0 Å². The van der Waals surface area contributed by atoms with Crippen molar-refractivity contribution < 1.29 is 8.85 Å². The van der Waals surface area contributed by atoms with E-state index in [0.29, 0.717) is 23.4 Å². The zero-order valence-corrected chi connectivity index (χ0v) is 15.7. The molecule has 0 aromatic carbocycles. The summed E-state index contributed by atoms with van der Waals surface area (Å²) in [6.45, 7) is 0.537. The molecule has 3 heterocycles. The minimum Gasteiger partial charge on any atom is -0.383 e. The SMILES string of the molecule is [2H]C([2H])([2H])OC[C@H](N)Cc1cc2c(NCc3cccs3)nc(Cl)nn2c1Br. The number of aromatic nitrogens is 3. The molecule has 0 saturated heterocycles. The van der Waals surface area contributed by atoms with Crippen molar-refractivity contribution in [2.24, 2.45) is 5.73 Å². The highest BCUT2D eigenvalue weighted by molar-refractivity contribution is 9.10. The van der Waals surface area contributed by atoms with Crippen LogP contribution in [0.3, 0.4) is 0 Å². The fraction of sp³-hybridized carbons (Fsp3) is 0.333. The number of nitrogens with zero attached hydrogens (tertiary/aromatic N) is 3. The quantitative estimate of drug-likeness (QED) is 0.597. The number of ether oxygens (including phenoxy) is 1. The zero-order valence-electron chi connectivity index (χ0n) is 15.5.